The van der Waals surface area contributed by atoms with E-state index < -0.39 is 6.04 Å². The van der Waals surface area contributed by atoms with Crippen LogP contribution in [0.4, 0.5) is 4.39 Å². The van der Waals surface area contributed by atoms with Gasteiger partial charge in [0.2, 0.25) is 11.8 Å². The second kappa shape index (κ2) is 9.46. The molecule has 1 rings (SSSR count). The molecule has 0 heterocycles. The van der Waals surface area contributed by atoms with Gasteiger partial charge in [-0.05, 0) is 17.5 Å². The molecule has 0 saturated carbocycles. The summed E-state index contributed by atoms with van der Waals surface area (Å²) < 4.78 is 13.4. The second-order valence-electron chi connectivity index (χ2n) is 5.36. The van der Waals surface area contributed by atoms with Gasteiger partial charge in [0.05, 0.1) is 0 Å². The minimum absolute atomic E-state index is 0.0231. The van der Waals surface area contributed by atoms with Gasteiger partial charge in [0.15, 0.2) is 0 Å². The Morgan fingerprint density at radius 1 is 1.27 bits per heavy atom. The van der Waals surface area contributed by atoms with E-state index in [1.54, 1.807) is 30.0 Å². The highest BCUT2D eigenvalue weighted by molar-refractivity contribution is 7.98. The molecule has 0 aliphatic heterocycles. The van der Waals surface area contributed by atoms with Crippen LogP contribution in [0.3, 0.4) is 0 Å². The van der Waals surface area contributed by atoms with Crippen molar-refractivity contribution in [2.75, 3.05) is 12.3 Å². The van der Waals surface area contributed by atoms with E-state index in [4.69, 9.17) is 0 Å². The molecular weight excluding hydrogens is 303 g/mol. The Bertz CT molecular complexity index is 509. The van der Waals surface area contributed by atoms with E-state index in [1.165, 1.54) is 13.0 Å². The molecule has 0 aliphatic carbocycles. The zero-order chi connectivity index (χ0) is 16.5. The highest BCUT2D eigenvalue weighted by Crippen LogP contribution is 2.14. The van der Waals surface area contributed by atoms with Gasteiger partial charge in [-0.1, -0.05) is 32.0 Å². The number of benzene rings is 1. The van der Waals surface area contributed by atoms with Gasteiger partial charge in [-0.3, -0.25) is 9.59 Å². The summed E-state index contributed by atoms with van der Waals surface area (Å²) in [5.74, 6) is 0.672. The van der Waals surface area contributed by atoms with Crippen LogP contribution in [0.15, 0.2) is 24.3 Å². The zero-order valence-corrected chi connectivity index (χ0v) is 14.0. The van der Waals surface area contributed by atoms with Crippen LogP contribution in [0.1, 0.15) is 26.3 Å². The van der Waals surface area contributed by atoms with Crippen LogP contribution < -0.4 is 10.6 Å². The Balaban J connectivity index is 2.29. The average molecular weight is 326 g/mol. The Morgan fingerprint density at radius 3 is 2.55 bits per heavy atom. The normalized spacial score (nSPS) is 12.0. The van der Waals surface area contributed by atoms with Crippen molar-refractivity contribution in [3.63, 3.8) is 0 Å². The number of thioether (sulfide) groups is 1. The lowest BCUT2D eigenvalue weighted by Gasteiger charge is -2.20. The van der Waals surface area contributed by atoms with Crippen molar-refractivity contribution in [2.45, 2.75) is 32.6 Å². The van der Waals surface area contributed by atoms with Crippen molar-refractivity contribution in [2.24, 2.45) is 5.92 Å². The van der Waals surface area contributed by atoms with Gasteiger partial charge in [-0.15, -0.1) is 0 Å². The van der Waals surface area contributed by atoms with Crippen LogP contribution >= 0.6 is 11.8 Å². The Hall–Kier alpha value is -1.56. The number of rotatable bonds is 8. The standard InChI is InChI=1S/C16H23FN2O2S/c1-11(2)15(19-12(3)20)16(21)18-8-9-22-10-13-6-4-5-7-14(13)17/h4-7,11,15H,8-10H2,1-3H3,(H,18,21)(H,19,20). The van der Waals surface area contributed by atoms with Gasteiger partial charge in [0.25, 0.3) is 0 Å². The molecule has 1 unspecified atom stereocenters. The molecule has 0 spiro atoms. The third-order valence-electron chi connectivity index (χ3n) is 3.07. The summed E-state index contributed by atoms with van der Waals surface area (Å²) in [5.41, 5.74) is 0.664. The van der Waals surface area contributed by atoms with Crippen molar-refractivity contribution in [1.29, 1.82) is 0 Å². The fourth-order valence-electron chi connectivity index (χ4n) is 1.91. The maximum Gasteiger partial charge on any atom is 0.242 e. The highest BCUT2D eigenvalue weighted by Gasteiger charge is 2.22. The average Bonchev–Trinajstić information content (AvgIpc) is 2.45. The summed E-state index contributed by atoms with van der Waals surface area (Å²) in [4.78, 5) is 23.1. The Kier molecular flexibility index (Phi) is 7.95. The first-order valence-electron chi connectivity index (χ1n) is 7.27. The first-order valence-corrected chi connectivity index (χ1v) is 8.43. The van der Waals surface area contributed by atoms with Crippen molar-refractivity contribution in [3.05, 3.63) is 35.6 Å². The molecule has 0 bridgehead atoms. The minimum Gasteiger partial charge on any atom is -0.353 e. The molecular formula is C16H23FN2O2S. The summed E-state index contributed by atoms with van der Waals surface area (Å²) in [6.45, 7) is 5.65. The molecule has 0 aliphatic rings. The number of nitrogens with one attached hydrogen (secondary N) is 2. The van der Waals surface area contributed by atoms with Crippen molar-refractivity contribution < 1.29 is 14.0 Å². The molecule has 0 radical (unpaired) electrons. The maximum atomic E-state index is 13.4. The lowest BCUT2D eigenvalue weighted by Crippen LogP contribution is -2.49. The van der Waals surface area contributed by atoms with E-state index in [0.29, 0.717) is 23.6 Å². The topological polar surface area (TPSA) is 58.2 Å². The molecule has 22 heavy (non-hydrogen) atoms. The van der Waals surface area contributed by atoms with E-state index in [9.17, 15) is 14.0 Å². The van der Waals surface area contributed by atoms with Crippen LogP contribution in [-0.2, 0) is 15.3 Å². The summed E-state index contributed by atoms with van der Waals surface area (Å²) >= 11 is 1.55. The summed E-state index contributed by atoms with van der Waals surface area (Å²) in [6, 6.07) is 6.15. The quantitative estimate of drug-likeness (QED) is 0.721. The van der Waals surface area contributed by atoms with Gasteiger partial charge in [-0.25, -0.2) is 4.39 Å². The molecule has 1 aromatic rings. The second-order valence-corrected chi connectivity index (χ2v) is 6.46. The molecule has 2 N–H and O–H groups in total. The van der Waals surface area contributed by atoms with Crippen molar-refractivity contribution in [1.82, 2.24) is 10.6 Å². The first kappa shape index (κ1) is 18.5. The largest absolute Gasteiger partial charge is 0.353 e. The smallest absolute Gasteiger partial charge is 0.242 e. The third-order valence-corrected chi connectivity index (χ3v) is 4.08. The molecule has 1 atom stereocenters. The van der Waals surface area contributed by atoms with Crippen LogP contribution in [0.5, 0.6) is 0 Å². The fourth-order valence-corrected chi connectivity index (χ4v) is 2.75. The van der Waals surface area contributed by atoms with Crippen LogP contribution in [0, 0.1) is 11.7 Å². The zero-order valence-electron chi connectivity index (χ0n) is 13.2. The Morgan fingerprint density at radius 2 is 1.95 bits per heavy atom. The minimum atomic E-state index is -0.519. The number of hydrogen-bond acceptors (Lipinski definition) is 3. The summed E-state index contributed by atoms with van der Waals surface area (Å²) in [7, 11) is 0. The number of amides is 2. The van der Waals surface area contributed by atoms with E-state index in [2.05, 4.69) is 10.6 Å². The molecule has 2 amide bonds. The Labute approximate surface area is 135 Å². The molecule has 0 fully saturated rings. The van der Waals surface area contributed by atoms with Gasteiger partial charge in [0.1, 0.15) is 11.9 Å². The molecule has 0 aromatic heterocycles. The molecule has 1 aromatic carbocycles. The third kappa shape index (κ3) is 6.47. The molecule has 4 nitrogen and oxygen atoms in total. The van der Waals surface area contributed by atoms with E-state index in [0.717, 1.165) is 0 Å². The van der Waals surface area contributed by atoms with Gasteiger partial charge >= 0.3 is 0 Å². The number of hydrogen-bond donors (Lipinski definition) is 2. The van der Waals surface area contributed by atoms with Gasteiger partial charge in [-0.2, -0.15) is 11.8 Å². The maximum absolute atomic E-state index is 13.4. The summed E-state index contributed by atoms with van der Waals surface area (Å²) in [5, 5.41) is 5.45. The van der Waals surface area contributed by atoms with Crippen LogP contribution in [-0.4, -0.2) is 30.2 Å². The van der Waals surface area contributed by atoms with Crippen molar-refractivity contribution >= 4 is 23.6 Å². The van der Waals surface area contributed by atoms with E-state index in [1.807, 2.05) is 13.8 Å². The summed E-state index contributed by atoms with van der Waals surface area (Å²) in [6.07, 6.45) is 0. The van der Waals surface area contributed by atoms with Crippen LogP contribution in [0.2, 0.25) is 0 Å². The number of carbonyl (C=O) groups excluding carboxylic acids is 2. The lowest BCUT2D eigenvalue weighted by molar-refractivity contribution is -0.129. The molecule has 122 valence electrons. The van der Waals surface area contributed by atoms with Gasteiger partial charge in [0, 0.05) is 25.0 Å². The monoisotopic (exact) mass is 326 g/mol. The number of halogens is 1. The highest BCUT2D eigenvalue weighted by atomic mass is 32.2. The molecule has 0 saturated heterocycles. The lowest BCUT2D eigenvalue weighted by atomic mass is 10.0. The SMILES string of the molecule is CC(=O)NC(C(=O)NCCSCc1ccccc1F)C(C)C. The van der Waals surface area contributed by atoms with Crippen molar-refractivity contribution in [3.8, 4) is 0 Å². The van der Waals surface area contributed by atoms with E-state index >= 15 is 0 Å². The predicted molar refractivity (Wildman–Crippen MR) is 88.0 cm³/mol. The predicted octanol–water partition coefficient (Wildman–Crippen LogP) is 2.34. The fraction of sp³-hybridized carbons (Fsp3) is 0.500. The van der Waals surface area contributed by atoms with Gasteiger partial charge < -0.3 is 10.6 Å². The first-order chi connectivity index (χ1) is 10.4. The van der Waals surface area contributed by atoms with Crippen LogP contribution in [0.25, 0.3) is 0 Å². The van der Waals surface area contributed by atoms with E-state index in [-0.39, 0.29) is 23.5 Å². The number of carbonyl (C=O) groups is 2. The molecule has 6 heteroatoms.